The molecule has 0 saturated heterocycles. The molecule has 0 saturated carbocycles. The number of nitrogens with zero attached hydrogens (tertiary/aromatic N) is 2. The Bertz CT molecular complexity index is 855. The Morgan fingerprint density at radius 2 is 1.89 bits per heavy atom. The number of carbonyl (C=O) groups excluding carboxylic acids is 2. The van der Waals surface area contributed by atoms with E-state index in [0.717, 1.165) is 4.31 Å². The van der Waals surface area contributed by atoms with Gasteiger partial charge in [-0.15, -0.1) is 0 Å². The molecule has 1 aromatic carbocycles. The SMILES string of the molecule is CCOC(=O)Cn1cc(N(CC(=O)OC(C)(C)C)S(=O)O)c2ccccc21. The van der Waals surface area contributed by atoms with Gasteiger partial charge in [0.05, 0.1) is 17.8 Å². The molecule has 0 fully saturated rings. The molecule has 8 nitrogen and oxygen atoms in total. The second-order valence-corrected chi connectivity index (χ2v) is 7.72. The normalized spacial score (nSPS) is 12.6. The Balaban J connectivity index is 2.40. The van der Waals surface area contributed by atoms with E-state index in [4.69, 9.17) is 9.47 Å². The molecule has 148 valence electrons. The van der Waals surface area contributed by atoms with Gasteiger partial charge in [-0.25, -0.2) is 4.21 Å². The predicted octanol–water partition coefficient (Wildman–Crippen LogP) is 2.49. The van der Waals surface area contributed by atoms with Crippen LogP contribution in [0.1, 0.15) is 27.7 Å². The molecule has 0 radical (unpaired) electrons. The second kappa shape index (κ2) is 8.53. The van der Waals surface area contributed by atoms with Crippen LogP contribution in [-0.2, 0) is 36.9 Å². The summed E-state index contributed by atoms with van der Waals surface area (Å²) in [5.74, 6) is -1.05. The van der Waals surface area contributed by atoms with Crippen LogP contribution in [-0.4, -0.2) is 44.0 Å². The van der Waals surface area contributed by atoms with E-state index >= 15 is 0 Å². The molecule has 1 N–H and O–H groups in total. The first-order valence-electron chi connectivity index (χ1n) is 8.46. The molecule has 27 heavy (non-hydrogen) atoms. The minimum atomic E-state index is -2.46. The monoisotopic (exact) mass is 396 g/mol. The highest BCUT2D eigenvalue weighted by atomic mass is 32.2. The molecule has 1 unspecified atom stereocenters. The Morgan fingerprint density at radius 3 is 2.48 bits per heavy atom. The first kappa shape index (κ1) is 20.9. The summed E-state index contributed by atoms with van der Waals surface area (Å²) < 4.78 is 34.5. The maximum atomic E-state index is 12.2. The Hall–Kier alpha value is -2.39. The minimum absolute atomic E-state index is 0.0489. The minimum Gasteiger partial charge on any atom is -0.465 e. The number of benzene rings is 1. The highest BCUT2D eigenvalue weighted by molar-refractivity contribution is 7.80. The summed E-state index contributed by atoms with van der Waals surface area (Å²) in [4.78, 5) is 24.0. The zero-order valence-electron chi connectivity index (χ0n) is 15.8. The topological polar surface area (TPSA) is 98.1 Å². The van der Waals surface area contributed by atoms with E-state index in [9.17, 15) is 18.4 Å². The number of fused-ring (bicyclic) bond motifs is 1. The van der Waals surface area contributed by atoms with Crippen molar-refractivity contribution in [2.24, 2.45) is 0 Å². The molecule has 9 heteroatoms. The first-order valence-corrected chi connectivity index (χ1v) is 9.52. The van der Waals surface area contributed by atoms with Crippen molar-refractivity contribution in [1.29, 1.82) is 0 Å². The number of hydrogen-bond acceptors (Lipinski definition) is 5. The van der Waals surface area contributed by atoms with Crippen LogP contribution in [0, 0.1) is 0 Å². The van der Waals surface area contributed by atoms with Crippen molar-refractivity contribution in [2.75, 3.05) is 17.5 Å². The number of anilines is 1. The molecule has 2 aromatic rings. The van der Waals surface area contributed by atoms with Gasteiger partial charge in [0, 0.05) is 11.6 Å². The van der Waals surface area contributed by atoms with Crippen molar-refractivity contribution >= 4 is 39.8 Å². The third kappa shape index (κ3) is 5.54. The Morgan fingerprint density at radius 1 is 1.22 bits per heavy atom. The van der Waals surface area contributed by atoms with E-state index in [-0.39, 0.29) is 13.2 Å². The molecule has 0 amide bonds. The first-order chi connectivity index (χ1) is 12.6. The van der Waals surface area contributed by atoms with Crippen LogP contribution in [0.25, 0.3) is 10.9 Å². The lowest BCUT2D eigenvalue weighted by atomic mass is 10.2. The lowest BCUT2D eigenvalue weighted by Gasteiger charge is -2.23. The largest absolute Gasteiger partial charge is 0.465 e. The summed E-state index contributed by atoms with van der Waals surface area (Å²) in [6, 6.07) is 7.10. The molecule has 0 bridgehead atoms. The second-order valence-electron chi connectivity index (χ2n) is 6.82. The molecule has 0 aliphatic carbocycles. The third-order valence-corrected chi connectivity index (χ3v) is 4.23. The number of aromatic nitrogens is 1. The fraction of sp³-hybridized carbons (Fsp3) is 0.444. The number of carbonyl (C=O) groups is 2. The standard InChI is InChI=1S/C18H24N2O6S/c1-5-25-16(21)11-19-10-15(13-8-6-7-9-14(13)19)20(27(23)24)12-17(22)26-18(2,3)4/h6-10H,5,11-12H2,1-4H3,(H,23,24). The maximum Gasteiger partial charge on any atom is 0.327 e. The van der Waals surface area contributed by atoms with Crippen molar-refractivity contribution in [3.63, 3.8) is 0 Å². The Kier molecular flexibility index (Phi) is 6.61. The van der Waals surface area contributed by atoms with Gasteiger partial charge in [0.25, 0.3) is 11.3 Å². The van der Waals surface area contributed by atoms with Crippen LogP contribution >= 0.6 is 0 Å². The molecule has 1 atom stereocenters. The number of hydrogen-bond donors (Lipinski definition) is 1. The lowest BCUT2D eigenvalue weighted by Crippen LogP contribution is -2.35. The van der Waals surface area contributed by atoms with Gasteiger partial charge in [-0.1, -0.05) is 18.2 Å². The van der Waals surface area contributed by atoms with E-state index < -0.39 is 35.4 Å². The van der Waals surface area contributed by atoms with Gasteiger partial charge in [-0.05, 0) is 33.8 Å². The molecule has 1 heterocycles. The van der Waals surface area contributed by atoms with Gasteiger partial charge in [-0.2, -0.15) is 0 Å². The summed E-state index contributed by atoms with van der Waals surface area (Å²) >= 11 is -2.46. The highest BCUT2D eigenvalue weighted by Gasteiger charge is 2.25. The van der Waals surface area contributed by atoms with Crippen LogP contribution < -0.4 is 4.31 Å². The number of para-hydroxylation sites is 1. The van der Waals surface area contributed by atoms with Gasteiger partial charge in [-0.3, -0.25) is 18.4 Å². The molecular formula is C18H24N2O6S. The van der Waals surface area contributed by atoms with Crippen molar-refractivity contribution in [3.05, 3.63) is 30.5 Å². The molecule has 2 rings (SSSR count). The summed E-state index contributed by atoms with van der Waals surface area (Å²) in [5, 5.41) is 0.632. The third-order valence-electron chi connectivity index (χ3n) is 3.52. The fourth-order valence-corrected chi connectivity index (χ4v) is 3.15. The molecular weight excluding hydrogens is 372 g/mol. The number of ether oxygens (including phenoxy) is 2. The molecule has 1 aromatic heterocycles. The van der Waals surface area contributed by atoms with Gasteiger partial charge in [0.1, 0.15) is 18.7 Å². The predicted molar refractivity (Wildman–Crippen MR) is 103 cm³/mol. The molecule has 0 spiro atoms. The summed E-state index contributed by atoms with van der Waals surface area (Å²) in [6.07, 6.45) is 1.56. The van der Waals surface area contributed by atoms with E-state index in [1.165, 1.54) is 0 Å². The number of rotatable bonds is 7. The van der Waals surface area contributed by atoms with Crippen LogP contribution in [0.3, 0.4) is 0 Å². The maximum absolute atomic E-state index is 12.2. The average Bonchev–Trinajstić information content (AvgIpc) is 2.89. The van der Waals surface area contributed by atoms with Crippen molar-refractivity contribution in [1.82, 2.24) is 4.57 Å². The molecule has 0 aliphatic rings. The molecule has 0 aliphatic heterocycles. The Labute approximate surface area is 160 Å². The van der Waals surface area contributed by atoms with E-state index in [1.54, 1.807) is 62.7 Å². The van der Waals surface area contributed by atoms with Crippen LogP contribution in [0.5, 0.6) is 0 Å². The summed E-state index contributed by atoms with van der Waals surface area (Å²) in [7, 11) is 0. The van der Waals surface area contributed by atoms with Crippen LogP contribution in [0.15, 0.2) is 30.5 Å². The zero-order valence-corrected chi connectivity index (χ0v) is 16.6. The van der Waals surface area contributed by atoms with Gasteiger partial charge >= 0.3 is 11.9 Å². The van der Waals surface area contributed by atoms with Crippen LogP contribution in [0.4, 0.5) is 5.69 Å². The summed E-state index contributed by atoms with van der Waals surface area (Å²) in [6.45, 7) is 6.68. The highest BCUT2D eigenvalue weighted by Crippen LogP contribution is 2.30. The quantitative estimate of drug-likeness (QED) is 0.570. The van der Waals surface area contributed by atoms with Crippen molar-refractivity contribution in [3.8, 4) is 0 Å². The van der Waals surface area contributed by atoms with E-state index in [0.29, 0.717) is 16.6 Å². The number of esters is 2. The van der Waals surface area contributed by atoms with Crippen LogP contribution in [0.2, 0.25) is 0 Å². The lowest BCUT2D eigenvalue weighted by molar-refractivity contribution is -0.152. The van der Waals surface area contributed by atoms with Gasteiger partial charge in [0.2, 0.25) is 0 Å². The zero-order chi connectivity index (χ0) is 20.2. The van der Waals surface area contributed by atoms with E-state index in [1.807, 2.05) is 0 Å². The summed E-state index contributed by atoms with van der Waals surface area (Å²) in [5.41, 5.74) is 0.319. The van der Waals surface area contributed by atoms with Crippen molar-refractivity contribution < 1.29 is 27.8 Å². The average molecular weight is 396 g/mol. The van der Waals surface area contributed by atoms with Gasteiger partial charge in [0.15, 0.2) is 0 Å². The fourth-order valence-electron chi connectivity index (χ4n) is 2.62. The van der Waals surface area contributed by atoms with Crippen molar-refractivity contribution in [2.45, 2.75) is 39.8 Å². The smallest absolute Gasteiger partial charge is 0.327 e. The van der Waals surface area contributed by atoms with E-state index in [2.05, 4.69) is 0 Å². The van der Waals surface area contributed by atoms with Gasteiger partial charge < -0.3 is 14.0 Å².